The van der Waals surface area contributed by atoms with E-state index in [1.54, 1.807) is 0 Å². The number of rotatable bonds is 19. The number of aromatic amines is 1. The van der Waals surface area contributed by atoms with Crippen molar-refractivity contribution in [1.29, 1.82) is 0 Å². The zero-order chi connectivity index (χ0) is 27.8. The van der Waals surface area contributed by atoms with Gasteiger partial charge in [0, 0.05) is 18.3 Å². The third-order valence-electron chi connectivity index (χ3n) is 5.51. The van der Waals surface area contributed by atoms with Crippen LogP contribution in [0.5, 0.6) is 0 Å². The van der Waals surface area contributed by atoms with Crippen molar-refractivity contribution in [2.45, 2.75) is 75.5 Å². The summed E-state index contributed by atoms with van der Waals surface area (Å²) < 4.78 is 0. The quantitative estimate of drug-likeness (QED) is 0.0823. The van der Waals surface area contributed by atoms with Crippen LogP contribution in [-0.2, 0) is 30.4 Å². The Kier molecular flexibility index (Phi) is 14.5. The molecular weight excluding hydrogens is 486 g/mol. The molecule has 0 bridgehead atoms. The van der Waals surface area contributed by atoms with Crippen LogP contribution >= 0.6 is 0 Å². The monoisotopic (exact) mass is 525 g/mol. The van der Waals surface area contributed by atoms with Gasteiger partial charge in [0.25, 0.3) is 0 Å². The highest BCUT2D eigenvalue weighted by Crippen LogP contribution is 2.07. The molecule has 0 aromatic carbocycles. The second-order valence-corrected chi connectivity index (χ2v) is 8.65. The number of hydrogen-bond acceptors (Lipinski definition) is 9. The number of hydrogen-bond donors (Lipinski definition) is 9. The predicted molar refractivity (Wildman–Crippen MR) is 133 cm³/mol. The Morgan fingerprint density at radius 1 is 0.865 bits per heavy atom. The maximum atomic E-state index is 13.1. The van der Waals surface area contributed by atoms with Crippen LogP contribution in [0.15, 0.2) is 12.5 Å². The maximum absolute atomic E-state index is 13.1. The highest BCUT2D eigenvalue weighted by Gasteiger charge is 2.30. The number of unbranched alkanes of at least 4 members (excludes halogenated alkanes) is 2. The molecule has 0 aliphatic rings. The number of carboxylic acids is 1. The summed E-state index contributed by atoms with van der Waals surface area (Å²) in [6, 6.07) is -4.67. The SMILES string of the molecule is NCCCCC(NC(=O)C(N)CC(N)=O)C(=O)NC(CCCCN)C(=O)NC(Cc1cnc[nH]1)C(=O)O. The molecule has 0 radical (unpaired) electrons. The van der Waals surface area contributed by atoms with Gasteiger partial charge in [-0.15, -0.1) is 0 Å². The van der Waals surface area contributed by atoms with Crippen molar-refractivity contribution in [2.75, 3.05) is 13.1 Å². The highest BCUT2D eigenvalue weighted by atomic mass is 16.4. The lowest BCUT2D eigenvalue weighted by Gasteiger charge is -2.25. The molecule has 4 unspecified atom stereocenters. The summed E-state index contributed by atoms with van der Waals surface area (Å²) in [6.07, 6.45) is 4.93. The van der Waals surface area contributed by atoms with Gasteiger partial charge in [-0.05, 0) is 51.6 Å². The van der Waals surface area contributed by atoms with Gasteiger partial charge in [-0.2, -0.15) is 0 Å². The number of carboxylic acid groups (broad SMARTS) is 1. The number of imidazole rings is 1. The van der Waals surface area contributed by atoms with Gasteiger partial charge in [0.2, 0.25) is 23.6 Å². The Morgan fingerprint density at radius 2 is 1.38 bits per heavy atom. The van der Waals surface area contributed by atoms with Crippen molar-refractivity contribution in [3.05, 3.63) is 18.2 Å². The van der Waals surface area contributed by atoms with Gasteiger partial charge in [0.1, 0.15) is 18.1 Å². The van der Waals surface area contributed by atoms with Crippen LogP contribution in [0.1, 0.15) is 50.6 Å². The van der Waals surface area contributed by atoms with Gasteiger partial charge in [-0.25, -0.2) is 9.78 Å². The van der Waals surface area contributed by atoms with Gasteiger partial charge in [0.05, 0.1) is 18.8 Å². The molecule has 4 atom stereocenters. The third-order valence-corrected chi connectivity index (χ3v) is 5.51. The van der Waals surface area contributed by atoms with E-state index in [9.17, 15) is 29.1 Å². The molecule has 0 fully saturated rings. The van der Waals surface area contributed by atoms with Crippen LogP contribution in [0.3, 0.4) is 0 Å². The molecular formula is C22H39N9O6. The summed E-state index contributed by atoms with van der Waals surface area (Å²) in [5.74, 6) is -4.14. The largest absolute Gasteiger partial charge is 0.480 e. The number of carbonyl (C=O) groups is 5. The Morgan fingerprint density at radius 3 is 1.81 bits per heavy atom. The Labute approximate surface area is 214 Å². The summed E-state index contributed by atoms with van der Waals surface area (Å²) in [5, 5.41) is 17.1. The lowest BCUT2D eigenvalue weighted by atomic mass is 10.0. The minimum atomic E-state index is -1.27. The molecule has 37 heavy (non-hydrogen) atoms. The van der Waals surface area contributed by atoms with Crippen LogP contribution < -0.4 is 38.9 Å². The van der Waals surface area contributed by atoms with Crippen molar-refractivity contribution in [3.63, 3.8) is 0 Å². The fraction of sp³-hybridized carbons (Fsp3) is 0.636. The fourth-order valence-corrected chi connectivity index (χ4v) is 3.47. The van der Waals surface area contributed by atoms with Gasteiger partial charge in [0.15, 0.2) is 0 Å². The third kappa shape index (κ3) is 12.3. The van der Waals surface area contributed by atoms with Crippen LogP contribution in [0, 0.1) is 0 Å². The first kappa shape index (κ1) is 31.5. The topological polar surface area (TPSA) is 274 Å². The van der Waals surface area contributed by atoms with Crippen LogP contribution in [0.4, 0.5) is 0 Å². The number of aromatic nitrogens is 2. The number of H-pyrrole nitrogens is 1. The summed E-state index contributed by atoms with van der Waals surface area (Å²) in [6.45, 7) is 0.746. The molecule has 4 amide bonds. The lowest BCUT2D eigenvalue weighted by molar-refractivity contribution is -0.142. The van der Waals surface area contributed by atoms with Crippen molar-refractivity contribution >= 4 is 29.6 Å². The fourth-order valence-electron chi connectivity index (χ4n) is 3.47. The normalized spacial score (nSPS) is 14.1. The molecule has 15 nitrogen and oxygen atoms in total. The summed E-state index contributed by atoms with van der Waals surface area (Å²) in [7, 11) is 0. The zero-order valence-electron chi connectivity index (χ0n) is 20.8. The first-order valence-corrected chi connectivity index (χ1v) is 12.1. The molecule has 0 saturated heterocycles. The number of carbonyl (C=O) groups excluding carboxylic acids is 4. The first-order chi connectivity index (χ1) is 17.6. The predicted octanol–water partition coefficient (Wildman–Crippen LogP) is -3.05. The average molecular weight is 526 g/mol. The molecule has 0 aliphatic carbocycles. The molecule has 0 saturated carbocycles. The van der Waals surface area contributed by atoms with Crippen molar-refractivity contribution < 1.29 is 29.1 Å². The molecule has 0 spiro atoms. The minimum absolute atomic E-state index is 0.0416. The molecule has 1 rings (SSSR count). The number of primary amides is 1. The Hall–Kier alpha value is -3.56. The summed E-state index contributed by atoms with van der Waals surface area (Å²) >= 11 is 0. The van der Waals surface area contributed by atoms with E-state index in [4.69, 9.17) is 22.9 Å². The van der Waals surface area contributed by atoms with E-state index in [0.717, 1.165) is 0 Å². The molecule has 1 aromatic heterocycles. The smallest absolute Gasteiger partial charge is 0.326 e. The molecule has 1 heterocycles. The number of nitrogens with two attached hydrogens (primary N) is 4. The van der Waals surface area contributed by atoms with Crippen LogP contribution in [0.2, 0.25) is 0 Å². The first-order valence-electron chi connectivity index (χ1n) is 12.1. The maximum Gasteiger partial charge on any atom is 0.326 e. The van der Waals surface area contributed by atoms with E-state index in [2.05, 4.69) is 25.9 Å². The van der Waals surface area contributed by atoms with Crippen molar-refractivity contribution in [2.24, 2.45) is 22.9 Å². The van der Waals surface area contributed by atoms with E-state index >= 15 is 0 Å². The van der Waals surface area contributed by atoms with E-state index < -0.39 is 60.2 Å². The number of aliphatic carboxylic acids is 1. The van der Waals surface area contributed by atoms with Crippen molar-refractivity contribution in [1.82, 2.24) is 25.9 Å². The second kappa shape index (κ2) is 17.0. The number of nitrogens with zero attached hydrogens (tertiary/aromatic N) is 1. The Bertz CT molecular complexity index is 880. The van der Waals surface area contributed by atoms with E-state index in [-0.39, 0.29) is 19.3 Å². The molecule has 1 aromatic rings. The van der Waals surface area contributed by atoms with Crippen LogP contribution in [0.25, 0.3) is 0 Å². The molecule has 15 heteroatoms. The molecule has 13 N–H and O–H groups in total. The zero-order valence-corrected chi connectivity index (χ0v) is 20.8. The van der Waals surface area contributed by atoms with Crippen LogP contribution in [-0.4, -0.2) is 81.9 Å². The lowest BCUT2D eigenvalue weighted by Crippen LogP contribution is -2.57. The van der Waals surface area contributed by atoms with Gasteiger partial charge in [-0.1, -0.05) is 0 Å². The average Bonchev–Trinajstić information content (AvgIpc) is 3.35. The van der Waals surface area contributed by atoms with Gasteiger partial charge >= 0.3 is 5.97 Å². The minimum Gasteiger partial charge on any atom is -0.480 e. The van der Waals surface area contributed by atoms with E-state index in [0.29, 0.717) is 44.5 Å². The van der Waals surface area contributed by atoms with E-state index in [1.807, 2.05) is 0 Å². The summed E-state index contributed by atoms with van der Waals surface area (Å²) in [5.41, 5.74) is 22.4. The van der Waals surface area contributed by atoms with Gasteiger partial charge < -0.3 is 49.0 Å². The second-order valence-electron chi connectivity index (χ2n) is 8.65. The Balaban J connectivity index is 2.98. The highest BCUT2D eigenvalue weighted by molar-refractivity contribution is 5.95. The number of nitrogens with one attached hydrogen (secondary N) is 4. The number of amides is 4. The molecule has 0 aliphatic heterocycles. The summed E-state index contributed by atoms with van der Waals surface area (Å²) in [4.78, 5) is 68.0. The van der Waals surface area contributed by atoms with Gasteiger partial charge in [-0.3, -0.25) is 19.2 Å². The van der Waals surface area contributed by atoms with E-state index in [1.165, 1.54) is 12.5 Å². The van der Waals surface area contributed by atoms with Crippen molar-refractivity contribution in [3.8, 4) is 0 Å². The standard InChI is InChI=1S/C22H39N9O6/c23-7-3-1-5-15(29-19(33)14(25)10-18(26)32)20(34)30-16(6-2-4-8-24)21(35)31-17(22(36)37)9-13-11-27-12-28-13/h11-12,14-17H,1-10,23-25H2,(H2,26,32)(H,27,28)(H,29,33)(H,30,34)(H,31,35)(H,36,37). The molecule has 208 valence electrons.